The van der Waals surface area contributed by atoms with Crippen molar-refractivity contribution in [1.82, 2.24) is 9.97 Å². The van der Waals surface area contributed by atoms with Gasteiger partial charge in [-0.3, -0.25) is 0 Å². The molecule has 31 heavy (non-hydrogen) atoms. The number of aromatic nitrogens is 2. The van der Waals surface area contributed by atoms with Gasteiger partial charge in [0, 0.05) is 21.1 Å². The minimum absolute atomic E-state index is 0.0534. The average molecular weight is 542 g/mol. The normalized spacial score (nSPS) is 11.3. The molecular formula is C22H22F3IN4O. The lowest BCUT2D eigenvalue weighted by atomic mass is 10.2. The lowest BCUT2D eigenvalue weighted by molar-refractivity contribution is -0.137. The molecule has 1 heterocycles. The van der Waals surface area contributed by atoms with Gasteiger partial charge in [-0.25, -0.2) is 4.98 Å². The van der Waals surface area contributed by atoms with Gasteiger partial charge >= 0.3 is 6.18 Å². The summed E-state index contributed by atoms with van der Waals surface area (Å²) in [5.74, 6) is 0.468. The maximum absolute atomic E-state index is 13.4. The molecule has 0 spiro atoms. The number of nitrogens with one attached hydrogen (secondary N) is 2. The molecule has 0 unspecified atom stereocenters. The van der Waals surface area contributed by atoms with Crippen LogP contribution < -0.4 is 15.4 Å². The first-order valence-corrected chi connectivity index (χ1v) is 10.9. The summed E-state index contributed by atoms with van der Waals surface area (Å²) in [7, 11) is 0. The van der Waals surface area contributed by atoms with E-state index in [-0.39, 0.29) is 11.8 Å². The van der Waals surface area contributed by atoms with Crippen molar-refractivity contribution < 1.29 is 17.9 Å². The van der Waals surface area contributed by atoms with Crippen LogP contribution in [-0.4, -0.2) is 16.6 Å². The third kappa shape index (κ3) is 6.98. The zero-order valence-corrected chi connectivity index (χ0v) is 19.0. The highest BCUT2D eigenvalue weighted by Gasteiger charge is 2.35. The van der Waals surface area contributed by atoms with E-state index in [9.17, 15) is 13.2 Å². The Morgan fingerprint density at radius 1 is 0.935 bits per heavy atom. The molecule has 2 N–H and O–H groups in total. The number of hydrogen-bond acceptors (Lipinski definition) is 5. The average Bonchev–Trinajstić information content (AvgIpc) is 2.73. The van der Waals surface area contributed by atoms with Gasteiger partial charge in [0.2, 0.25) is 5.95 Å². The highest BCUT2D eigenvalue weighted by Crippen LogP contribution is 2.35. The molecule has 0 saturated carbocycles. The van der Waals surface area contributed by atoms with Crippen LogP contribution in [-0.2, 0) is 6.18 Å². The van der Waals surface area contributed by atoms with Gasteiger partial charge in [0.15, 0.2) is 0 Å². The quantitative estimate of drug-likeness (QED) is 0.222. The molecule has 0 bridgehead atoms. The van der Waals surface area contributed by atoms with Crippen LogP contribution in [0.4, 0.5) is 36.3 Å². The molecule has 0 atom stereocenters. The molecule has 3 rings (SSSR count). The molecule has 9 heteroatoms. The minimum atomic E-state index is -4.58. The third-order valence-corrected chi connectivity index (χ3v) is 5.05. The first kappa shape index (κ1) is 23.1. The van der Waals surface area contributed by atoms with E-state index in [1.165, 1.54) is 0 Å². The van der Waals surface area contributed by atoms with Crippen molar-refractivity contribution in [3.63, 3.8) is 0 Å². The number of anilines is 4. The molecule has 0 aliphatic rings. The number of nitrogens with zero attached hydrogens (tertiary/aromatic N) is 2. The van der Waals surface area contributed by atoms with Crippen LogP contribution in [0.3, 0.4) is 0 Å². The Morgan fingerprint density at radius 3 is 2.23 bits per heavy atom. The second-order valence-corrected chi connectivity index (χ2v) is 8.04. The van der Waals surface area contributed by atoms with Crippen molar-refractivity contribution in [1.29, 1.82) is 0 Å². The van der Waals surface area contributed by atoms with E-state index in [1.54, 1.807) is 48.5 Å². The lowest BCUT2D eigenvalue weighted by Crippen LogP contribution is -2.12. The number of halogens is 4. The summed E-state index contributed by atoms with van der Waals surface area (Å²) >= 11 is 2.13. The number of hydrogen-bond donors (Lipinski definition) is 2. The fourth-order valence-electron chi connectivity index (χ4n) is 2.72. The molecular weight excluding hydrogens is 520 g/mol. The minimum Gasteiger partial charge on any atom is -0.494 e. The molecule has 2 aromatic carbocycles. The van der Waals surface area contributed by atoms with Gasteiger partial charge in [0.1, 0.15) is 17.1 Å². The van der Waals surface area contributed by atoms with Crippen molar-refractivity contribution in [2.45, 2.75) is 32.4 Å². The number of rotatable bonds is 9. The van der Waals surface area contributed by atoms with Gasteiger partial charge in [-0.2, -0.15) is 18.2 Å². The van der Waals surface area contributed by atoms with E-state index in [0.717, 1.165) is 34.8 Å². The second kappa shape index (κ2) is 10.7. The lowest BCUT2D eigenvalue weighted by Gasteiger charge is -2.15. The molecule has 0 aliphatic carbocycles. The van der Waals surface area contributed by atoms with E-state index < -0.39 is 11.7 Å². The summed E-state index contributed by atoms with van der Waals surface area (Å²) in [6, 6.07) is 14.1. The van der Waals surface area contributed by atoms with Crippen molar-refractivity contribution in [3.8, 4) is 5.75 Å². The highest BCUT2D eigenvalue weighted by molar-refractivity contribution is 14.1. The molecule has 0 amide bonds. The van der Waals surface area contributed by atoms with Crippen LogP contribution in [0.1, 0.15) is 31.7 Å². The van der Waals surface area contributed by atoms with Crippen molar-refractivity contribution in [3.05, 3.63) is 63.9 Å². The number of benzene rings is 2. The fraction of sp³-hybridized carbons (Fsp3) is 0.273. The largest absolute Gasteiger partial charge is 0.494 e. The van der Waals surface area contributed by atoms with Crippen LogP contribution in [0.15, 0.2) is 54.7 Å². The molecule has 0 radical (unpaired) electrons. The van der Waals surface area contributed by atoms with E-state index >= 15 is 0 Å². The number of unbranched alkanes of at least 4 members (excludes halogenated alkanes) is 2. The van der Waals surface area contributed by atoms with E-state index in [4.69, 9.17) is 4.74 Å². The molecule has 3 aromatic rings. The van der Waals surface area contributed by atoms with Crippen LogP contribution in [0.2, 0.25) is 0 Å². The van der Waals surface area contributed by atoms with Gasteiger partial charge in [-0.05, 0) is 77.5 Å². The van der Waals surface area contributed by atoms with Crippen molar-refractivity contribution >= 4 is 45.7 Å². The molecule has 0 saturated heterocycles. The molecule has 5 nitrogen and oxygen atoms in total. The Hall–Kier alpha value is -2.56. The zero-order valence-electron chi connectivity index (χ0n) is 16.8. The van der Waals surface area contributed by atoms with Crippen LogP contribution in [0.25, 0.3) is 0 Å². The fourth-order valence-corrected chi connectivity index (χ4v) is 3.08. The van der Waals surface area contributed by atoms with Crippen LogP contribution in [0.5, 0.6) is 5.75 Å². The standard InChI is InChI=1S/C22H22F3IN4O/c1-2-3-4-13-31-18-11-9-17(10-12-18)29-21-27-14-19(22(23,24)25)20(30-21)28-16-7-5-15(26)6-8-16/h5-12,14H,2-4,13H2,1H3,(H2,27,28,29,30). The second-order valence-electron chi connectivity index (χ2n) is 6.79. The summed E-state index contributed by atoms with van der Waals surface area (Å²) in [6.07, 6.45) is -0.577. The maximum Gasteiger partial charge on any atom is 0.421 e. The first-order chi connectivity index (χ1) is 14.8. The SMILES string of the molecule is CCCCCOc1ccc(Nc2ncc(C(F)(F)F)c(Nc3ccc(I)cc3)n2)cc1. The predicted molar refractivity (Wildman–Crippen MR) is 124 cm³/mol. The van der Waals surface area contributed by atoms with Crippen molar-refractivity contribution in [2.75, 3.05) is 17.2 Å². The summed E-state index contributed by atoms with van der Waals surface area (Å²) in [4.78, 5) is 7.89. The van der Waals surface area contributed by atoms with Gasteiger partial charge < -0.3 is 15.4 Å². The van der Waals surface area contributed by atoms with Crippen LogP contribution >= 0.6 is 22.6 Å². The Morgan fingerprint density at radius 2 is 1.58 bits per heavy atom. The Balaban J connectivity index is 1.74. The molecule has 0 aliphatic heterocycles. The predicted octanol–water partition coefficient (Wildman–Crippen LogP) is 7.16. The Labute approximate surface area is 192 Å². The van der Waals surface area contributed by atoms with E-state index in [1.807, 2.05) is 0 Å². The van der Waals surface area contributed by atoms with Gasteiger partial charge in [0.05, 0.1) is 6.61 Å². The van der Waals surface area contributed by atoms with E-state index in [0.29, 0.717) is 18.0 Å². The molecule has 0 fully saturated rings. The Kier molecular flexibility index (Phi) is 7.94. The van der Waals surface area contributed by atoms with E-state index in [2.05, 4.69) is 50.1 Å². The number of ether oxygens (including phenoxy) is 1. The zero-order chi connectivity index (χ0) is 22.3. The first-order valence-electron chi connectivity index (χ1n) is 9.82. The van der Waals surface area contributed by atoms with Crippen molar-refractivity contribution in [2.24, 2.45) is 0 Å². The van der Waals surface area contributed by atoms with Crippen LogP contribution in [0, 0.1) is 3.57 Å². The van der Waals surface area contributed by atoms with Gasteiger partial charge in [-0.15, -0.1) is 0 Å². The van der Waals surface area contributed by atoms with Gasteiger partial charge in [-0.1, -0.05) is 19.8 Å². The van der Waals surface area contributed by atoms with Gasteiger partial charge in [0.25, 0.3) is 0 Å². The summed E-state index contributed by atoms with van der Waals surface area (Å²) in [6.45, 7) is 2.78. The summed E-state index contributed by atoms with van der Waals surface area (Å²) in [5, 5.41) is 5.68. The number of alkyl halides is 3. The third-order valence-electron chi connectivity index (χ3n) is 4.33. The highest BCUT2D eigenvalue weighted by atomic mass is 127. The topological polar surface area (TPSA) is 59.1 Å². The summed E-state index contributed by atoms with van der Waals surface area (Å²) < 4.78 is 46.9. The monoisotopic (exact) mass is 542 g/mol. The summed E-state index contributed by atoms with van der Waals surface area (Å²) in [5.41, 5.74) is 0.202. The molecule has 1 aromatic heterocycles. The maximum atomic E-state index is 13.4. The Bertz CT molecular complexity index is 980. The smallest absolute Gasteiger partial charge is 0.421 e. The molecule has 164 valence electrons.